The fourth-order valence-electron chi connectivity index (χ4n) is 3.52. The highest BCUT2D eigenvalue weighted by molar-refractivity contribution is 7.89. The van der Waals surface area contributed by atoms with Crippen LogP contribution in [0, 0.1) is 0 Å². The zero-order valence-electron chi connectivity index (χ0n) is 18.0. The lowest BCUT2D eigenvalue weighted by Crippen LogP contribution is -2.49. The summed E-state index contributed by atoms with van der Waals surface area (Å²) in [5.41, 5.74) is -0.298. The number of sulfonamides is 1. The number of amides is 1. The van der Waals surface area contributed by atoms with Crippen molar-refractivity contribution in [2.24, 2.45) is 0 Å². The van der Waals surface area contributed by atoms with E-state index in [1.54, 1.807) is 23.1 Å². The second kappa shape index (κ2) is 9.80. The second-order valence-electron chi connectivity index (χ2n) is 7.62. The maximum atomic E-state index is 13.1. The normalized spacial score (nSPS) is 15.1. The summed E-state index contributed by atoms with van der Waals surface area (Å²) in [5.74, 6) is -0.393. The van der Waals surface area contributed by atoms with Gasteiger partial charge < -0.3 is 10.2 Å². The molecular weight excluding hydrogens is 507 g/mol. The summed E-state index contributed by atoms with van der Waals surface area (Å²) >= 11 is 5.76. The molecule has 0 saturated carbocycles. The van der Waals surface area contributed by atoms with Crippen LogP contribution in [0.5, 0.6) is 0 Å². The smallest absolute Gasteiger partial charge is 0.354 e. The molecule has 1 aromatic carbocycles. The molecular formula is C22H19ClF3N5O3S. The van der Waals surface area contributed by atoms with E-state index in [1.807, 2.05) is 0 Å². The van der Waals surface area contributed by atoms with Gasteiger partial charge in [-0.25, -0.2) is 13.4 Å². The lowest BCUT2D eigenvalue weighted by molar-refractivity contribution is -0.137. The predicted octanol–water partition coefficient (Wildman–Crippen LogP) is 3.91. The topological polar surface area (TPSA) is 95.5 Å². The summed E-state index contributed by atoms with van der Waals surface area (Å²) in [4.78, 5) is 21.7. The molecule has 3 heterocycles. The van der Waals surface area contributed by atoms with Gasteiger partial charge in [0, 0.05) is 38.1 Å². The van der Waals surface area contributed by atoms with Crippen molar-refractivity contribution < 1.29 is 26.4 Å². The fraction of sp³-hybridized carbons (Fsp3) is 0.227. The number of nitrogens with zero attached hydrogens (tertiary/aromatic N) is 4. The molecule has 1 fully saturated rings. The molecule has 35 heavy (non-hydrogen) atoms. The Hall–Kier alpha value is -3.22. The number of carbonyl (C=O) groups excluding carboxylic acids is 1. The van der Waals surface area contributed by atoms with Crippen molar-refractivity contribution in [1.82, 2.24) is 14.3 Å². The number of hydrogen-bond acceptors (Lipinski definition) is 6. The van der Waals surface area contributed by atoms with Crippen LogP contribution in [-0.4, -0.2) is 54.8 Å². The van der Waals surface area contributed by atoms with Crippen molar-refractivity contribution in [2.45, 2.75) is 11.1 Å². The SMILES string of the molecule is O=C(Nc1ccc(S(=O)(=O)N2CCN(c3cc(C(F)(F)F)cc(Cl)n3)CC2)cc1)c1ccccn1. The Morgan fingerprint density at radius 1 is 1.00 bits per heavy atom. The molecule has 0 aliphatic carbocycles. The largest absolute Gasteiger partial charge is 0.416 e. The third kappa shape index (κ3) is 5.72. The summed E-state index contributed by atoms with van der Waals surface area (Å²) in [6.45, 7) is 0.385. The van der Waals surface area contributed by atoms with Crippen LogP contribution in [0.15, 0.2) is 65.7 Å². The van der Waals surface area contributed by atoms with Gasteiger partial charge in [0.15, 0.2) is 0 Å². The Labute approximate surface area is 204 Å². The number of halogens is 4. The molecule has 1 aliphatic heterocycles. The maximum Gasteiger partial charge on any atom is 0.416 e. The molecule has 0 radical (unpaired) electrons. The number of hydrogen-bond donors (Lipinski definition) is 1. The minimum absolute atomic E-state index is 0.0297. The number of rotatable bonds is 5. The molecule has 8 nitrogen and oxygen atoms in total. The van der Waals surface area contributed by atoms with Crippen LogP contribution >= 0.6 is 11.6 Å². The van der Waals surface area contributed by atoms with E-state index < -0.39 is 27.7 Å². The highest BCUT2D eigenvalue weighted by Gasteiger charge is 2.33. The average Bonchev–Trinajstić information content (AvgIpc) is 2.84. The van der Waals surface area contributed by atoms with Crippen molar-refractivity contribution in [3.63, 3.8) is 0 Å². The monoisotopic (exact) mass is 525 g/mol. The molecule has 2 aromatic heterocycles. The van der Waals surface area contributed by atoms with E-state index in [-0.39, 0.29) is 47.7 Å². The first-order valence-corrected chi connectivity index (χ1v) is 12.2. The lowest BCUT2D eigenvalue weighted by atomic mass is 10.2. The number of alkyl halides is 3. The third-order valence-corrected chi connectivity index (χ3v) is 7.42. The zero-order chi connectivity index (χ0) is 25.2. The van der Waals surface area contributed by atoms with Crippen molar-refractivity contribution in [3.8, 4) is 0 Å². The van der Waals surface area contributed by atoms with E-state index >= 15 is 0 Å². The number of nitrogens with one attached hydrogen (secondary N) is 1. The van der Waals surface area contributed by atoms with Gasteiger partial charge in [0.2, 0.25) is 10.0 Å². The van der Waals surface area contributed by atoms with Crippen molar-refractivity contribution in [2.75, 3.05) is 36.4 Å². The predicted molar refractivity (Wildman–Crippen MR) is 124 cm³/mol. The van der Waals surface area contributed by atoms with Gasteiger partial charge in [0.1, 0.15) is 16.7 Å². The summed E-state index contributed by atoms with van der Waals surface area (Å²) in [7, 11) is -3.85. The number of benzene rings is 1. The standard InChI is InChI=1S/C22H19ClF3N5O3S/c23-19-13-15(22(24,25)26)14-20(29-19)30-9-11-31(12-10-30)35(33,34)17-6-4-16(5-7-17)28-21(32)18-3-1-2-8-27-18/h1-8,13-14H,9-12H2,(H,28,32). The molecule has 13 heteroatoms. The fourth-order valence-corrected chi connectivity index (χ4v) is 5.14. The average molecular weight is 526 g/mol. The van der Waals surface area contributed by atoms with Crippen LogP contribution < -0.4 is 10.2 Å². The first-order chi connectivity index (χ1) is 16.5. The number of piperazine rings is 1. The van der Waals surface area contributed by atoms with Crippen molar-refractivity contribution in [1.29, 1.82) is 0 Å². The summed E-state index contributed by atoms with van der Waals surface area (Å²) < 4.78 is 66.6. The van der Waals surface area contributed by atoms with E-state index in [0.29, 0.717) is 5.69 Å². The third-order valence-electron chi connectivity index (χ3n) is 5.32. The Morgan fingerprint density at radius 2 is 1.69 bits per heavy atom. The van der Waals surface area contributed by atoms with Gasteiger partial charge in [-0.05, 0) is 48.5 Å². The Morgan fingerprint density at radius 3 is 2.29 bits per heavy atom. The van der Waals surface area contributed by atoms with Crippen molar-refractivity contribution in [3.05, 3.63) is 77.2 Å². The molecule has 4 rings (SSSR count). The molecule has 0 bridgehead atoms. The Bertz CT molecular complexity index is 1310. The van der Waals surface area contributed by atoms with Gasteiger partial charge in [0.25, 0.3) is 5.91 Å². The van der Waals surface area contributed by atoms with Gasteiger partial charge in [-0.3, -0.25) is 9.78 Å². The molecule has 1 amide bonds. The minimum atomic E-state index is -4.57. The summed E-state index contributed by atoms with van der Waals surface area (Å²) in [5, 5.41) is 2.35. The number of aromatic nitrogens is 2. The Balaban J connectivity index is 1.42. The first kappa shape index (κ1) is 24.9. The lowest BCUT2D eigenvalue weighted by Gasteiger charge is -2.35. The molecule has 184 valence electrons. The maximum absolute atomic E-state index is 13.1. The summed E-state index contributed by atoms with van der Waals surface area (Å²) in [6.07, 6.45) is -3.09. The van der Waals surface area contributed by atoms with Gasteiger partial charge in [-0.2, -0.15) is 17.5 Å². The van der Waals surface area contributed by atoms with Crippen LogP contribution in [0.1, 0.15) is 16.1 Å². The van der Waals surface area contributed by atoms with Gasteiger partial charge in [0.05, 0.1) is 10.5 Å². The molecule has 1 aliphatic rings. The first-order valence-electron chi connectivity index (χ1n) is 10.4. The van der Waals surface area contributed by atoms with Crippen LogP contribution in [0.3, 0.4) is 0 Å². The zero-order valence-corrected chi connectivity index (χ0v) is 19.6. The molecule has 3 aromatic rings. The molecule has 0 spiro atoms. The van der Waals surface area contributed by atoms with Gasteiger partial charge >= 0.3 is 6.18 Å². The van der Waals surface area contributed by atoms with Crippen LogP contribution in [0.4, 0.5) is 24.7 Å². The molecule has 0 atom stereocenters. The van der Waals surface area contributed by atoms with Gasteiger partial charge in [-0.1, -0.05) is 17.7 Å². The quantitative estimate of drug-likeness (QED) is 0.507. The van der Waals surface area contributed by atoms with Crippen LogP contribution in [0.2, 0.25) is 5.15 Å². The minimum Gasteiger partial charge on any atom is -0.354 e. The van der Waals surface area contributed by atoms with E-state index in [0.717, 1.165) is 12.1 Å². The van der Waals surface area contributed by atoms with Crippen molar-refractivity contribution >= 4 is 39.0 Å². The Kier molecular flexibility index (Phi) is 6.97. The second-order valence-corrected chi connectivity index (χ2v) is 9.94. The number of anilines is 2. The van der Waals surface area contributed by atoms with E-state index in [4.69, 9.17) is 11.6 Å². The number of carbonyl (C=O) groups is 1. The highest BCUT2D eigenvalue weighted by atomic mass is 35.5. The molecule has 1 saturated heterocycles. The van der Waals surface area contributed by atoms with Gasteiger partial charge in [-0.15, -0.1) is 0 Å². The summed E-state index contributed by atoms with van der Waals surface area (Å²) in [6, 6.07) is 12.3. The number of pyridine rings is 2. The molecule has 0 unspecified atom stereocenters. The van der Waals surface area contributed by atoms with E-state index in [2.05, 4.69) is 15.3 Å². The van der Waals surface area contributed by atoms with Crippen LogP contribution in [0.25, 0.3) is 0 Å². The van der Waals surface area contributed by atoms with Crippen LogP contribution in [-0.2, 0) is 16.2 Å². The highest BCUT2D eigenvalue weighted by Crippen LogP contribution is 2.33. The van der Waals surface area contributed by atoms with E-state index in [1.165, 1.54) is 34.8 Å². The van der Waals surface area contributed by atoms with E-state index in [9.17, 15) is 26.4 Å². The molecule has 1 N–H and O–H groups in total.